The molecule has 2 aromatic carbocycles. The number of ether oxygens (including phenoxy) is 1. The van der Waals surface area contributed by atoms with Crippen LogP contribution in [0.4, 0.5) is 5.69 Å². The van der Waals surface area contributed by atoms with Crippen LogP contribution >= 0.6 is 0 Å². The van der Waals surface area contributed by atoms with Crippen molar-refractivity contribution in [1.82, 2.24) is 19.7 Å². The van der Waals surface area contributed by atoms with Gasteiger partial charge in [0.05, 0.1) is 17.9 Å². The minimum atomic E-state index is -0.747. The lowest BCUT2D eigenvalue weighted by molar-refractivity contribution is -0.135. The van der Waals surface area contributed by atoms with Crippen LogP contribution in [0.15, 0.2) is 61.2 Å². The van der Waals surface area contributed by atoms with E-state index in [0.29, 0.717) is 17.0 Å². The molecular weight excluding hydrogens is 358 g/mol. The second-order valence-corrected chi connectivity index (χ2v) is 6.61. The topological polar surface area (TPSA) is 80.6 Å². The summed E-state index contributed by atoms with van der Waals surface area (Å²) in [6.45, 7) is 0.150. The number of carbonyl (C=O) groups is 2. The van der Waals surface area contributed by atoms with Gasteiger partial charge in [0.1, 0.15) is 18.4 Å². The number of hydrogen-bond acceptors (Lipinski definition) is 5. The molecule has 2 heterocycles. The molecule has 0 bridgehead atoms. The third-order valence-electron chi connectivity index (χ3n) is 4.53. The van der Waals surface area contributed by atoms with Crippen molar-refractivity contribution < 1.29 is 14.3 Å². The summed E-state index contributed by atoms with van der Waals surface area (Å²) < 4.78 is 7.45. The zero-order valence-electron chi connectivity index (χ0n) is 15.5. The Morgan fingerprint density at radius 3 is 2.54 bits per heavy atom. The Hall–Kier alpha value is -3.68. The van der Waals surface area contributed by atoms with Gasteiger partial charge < -0.3 is 14.5 Å². The van der Waals surface area contributed by atoms with Crippen molar-refractivity contribution >= 4 is 17.5 Å². The van der Waals surface area contributed by atoms with Crippen LogP contribution in [0.5, 0.6) is 5.75 Å². The summed E-state index contributed by atoms with van der Waals surface area (Å²) in [6.07, 6.45) is 2.29. The molecule has 0 aliphatic carbocycles. The molecule has 1 atom stereocenters. The minimum absolute atomic E-state index is 0.150. The lowest BCUT2D eigenvalue weighted by Crippen LogP contribution is -2.50. The van der Waals surface area contributed by atoms with Gasteiger partial charge in [0.2, 0.25) is 0 Å². The van der Waals surface area contributed by atoms with E-state index in [-0.39, 0.29) is 18.4 Å². The Balaban J connectivity index is 1.64. The lowest BCUT2D eigenvalue weighted by atomic mass is 10.1. The minimum Gasteiger partial charge on any atom is -0.476 e. The number of rotatable bonds is 3. The number of aromatic nitrogens is 3. The van der Waals surface area contributed by atoms with Crippen molar-refractivity contribution in [3.8, 4) is 11.4 Å². The van der Waals surface area contributed by atoms with Crippen LogP contribution in [-0.4, -0.2) is 58.2 Å². The standard InChI is InChI=1S/C20H19N5O3/c1-23(2)20(27)18-11-24(16-5-3-4-6-17(16)28-18)19(26)14-7-9-15(10-8-14)25-13-21-12-22-25/h3-10,12-13,18H,11H2,1-2H3/t18-/m0/s1. The van der Waals surface area contributed by atoms with Crippen molar-refractivity contribution in [1.29, 1.82) is 0 Å². The van der Waals surface area contributed by atoms with Gasteiger partial charge in [0.25, 0.3) is 11.8 Å². The van der Waals surface area contributed by atoms with Crippen LogP contribution in [0, 0.1) is 0 Å². The second-order valence-electron chi connectivity index (χ2n) is 6.61. The third-order valence-corrected chi connectivity index (χ3v) is 4.53. The van der Waals surface area contributed by atoms with Gasteiger partial charge in [-0.2, -0.15) is 5.10 Å². The summed E-state index contributed by atoms with van der Waals surface area (Å²) in [7, 11) is 3.34. The lowest BCUT2D eigenvalue weighted by Gasteiger charge is -2.35. The quantitative estimate of drug-likeness (QED) is 0.695. The van der Waals surface area contributed by atoms with Gasteiger partial charge in [-0.15, -0.1) is 0 Å². The van der Waals surface area contributed by atoms with Gasteiger partial charge in [-0.05, 0) is 36.4 Å². The fourth-order valence-corrected chi connectivity index (χ4v) is 3.10. The molecular formula is C20H19N5O3. The maximum absolute atomic E-state index is 13.2. The number of hydrogen-bond donors (Lipinski definition) is 0. The molecule has 0 unspecified atom stereocenters. The molecule has 0 N–H and O–H groups in total. The molecule has 0 fully saturated rings. The Labute approximate surface area is 162 Å². The second kappa shape index (κ2) is 7.15. The van der Waals surface area contributed by atoms with E-state index >= 15 is 0 Å². The van der Waals surface area contributed by atoms with E-state index < -0.39 is 6.10 Å². The number of fused-ring (bicyclic) bond motifs is 1. The van der Waals surface area contributed by atoms with Gasteiger partial charge in [-0.3, -0.25) is 9.59 Å². The van der Waals surface area contributed by atoms with E-state index in [9.17, 15) is 9.59 Å². The van der Waals surface area contributed by atoms with Gasteiger partial charge in [-0.25, -0.2) is 9.67 Å². The van der Waals surface area contributed by atoms with E-state index in [1.165, 1.54) is 11.2 Å². The van der Waals surface area contributed by atoms with Crippen LogP contribution in [0.25, 0.3) is 5.69 Å². The highest BCUT2D eigenvalue weighted by Crippen LogP contribution is 2.34. The van der Waals surface area contributed by atoms with Crippen molar-refractivity contribution in [2.45, 2.75) is 6.10 Å². The van der Waals surface area contributed by atoms with Crippen molar-refractivity contribution in [2.75, 3.05) is 25.5 Å². The number of nitrogens with zero attached hydrogens (tertiary/aromatic N) is 5. The number of carbonyl (C=O) groups excluding carboxylic acids is 2. The van der Waals surface area contributed by atoms with E-state index in [1.807, 2.05) is 18.2 Å². The van der Waals surface area contributed by atoms with Gasteiger partial charge in [0.15, 0.2) is 6.10 Å². The van der Waals surface area contributed by atoms with Crippen LogP contribution in [0.1, 0.15) is 10.4 Å². The average Bonchev–Trinajstić information content (AvgIpc) is 3.27. The molecule has 0 saturated carbocycles. The van der Waals surface area contributed by atoms with E-state index in [2.05, 4.69) is 10.1 Å². The SMILES string of the molecule is CN(C)C(=O)[C@@H]1CN(C(=O)c2ccc(-n3cncn3)cc2)c2ccccc2O1. The molecule has 28 heavy (non-hydrogen) atoms. The van der Waals surface area contributed by atoms with Crippen molar-refractivity contribution in [3.63, 3.8) is 0 Å². The van der Waals surface area contributed by atoms with Crippen molar-refractivity contribution in [3.05, 3.63) is 66.7 Å². The highest BCUT2D eigenvalue weighted by Gasteiger charge is 2.34. The van der Waals surface area contributed by atoms with Gasteiger partial charge in [0, 0.05) is 19.7 Å². The first-order valence-electron chi connectivity index (χ1n) is 8.78. The molecule has 0 spiro atoms. The monoisotopic (exact) mass is 377 g/mol. The van der Waals surface area contributed by atoms with E-state index in [0.717, 1.165) is 5.69 Å². The number of benzene rings is 2. The molecule has 3 aromatic rings. The van der Waals surface area contributed by atoms with Crippen LogP contribution in [0.2, 0.25) is 0 Å². The first-order valence-corrected chi connectivity index (χ1v) is 8.78. The van der Waals surface area contributed by atoms with Gasteiger partial charge in [-0.1, -0.05) is 12.1 Å². The maximum Gasteiger partial charge on any atom is 0.265 e. The smallest absolute Gasteiger partial charge is 0.265 e. The molecule has 0 saturated heterocycles. The van der Waals surface area contributed by atoms with Crippen LogP contribution < -0.4 is 9.64 Å². The molecule has 0 radical (unpaired) electrons. The molecule has 4 rings (SSSR count). The molecule has 8 heteroatoms. The molecule has 142 valence electrons. The number of amides is 2. The molecule has 1 aromatic heterocycles. The highest BCUT2D eigenvalue weighted by atomic mass is 16.5. The predicted molar refractivity (Wildman–Crippen MR) is 103 cm³/mol. The number of likely N-dealkylation sites (N-methyl/N-ethyl adjacent to an activating group) is 1. The Kier molecular flexibility index (Phi) is 4.52. The van der Waals surface area contributed by atoms with Crippen LogP contribution in [0.3, 0.4) is 0 Å². The number of para-hydroxylation sites is 2. The predicted octanol–water partition coefficient (Wildman–Crippen LogP) is 1.76. The summed E-state index contributed by atoms with van der Waals surface area (Å²) in [6, 6.07) is 14.3. The van der Waals surface area contributed by atoms with Crippen molar-refractivity contribution in [2.24, 2.45) is 0 Å². The molecule has 1 aliphatic heterocycles. The van der Waals surface area contributed by atoms with Crippen LogP contribution in [-0.2, 0) is 4.79 Å². The molecule has 1 aliphatic rings. The summed E-state index contributed by atoms with van der Waals surface area (Å²) in [5.41, 5.74) is 1.96. The van der Waals surface area contributed by atoms with E-state index in [1.54, 1.807) is 60.3 Å². The zero-order chi connectivity index (χ0) is 19.7. The highest BCUT2D eigenvalue weighted by molar-refractivity contribution is 6.08. The molecule has 8 nitrogen and oxygen atoms in total. The molecule has 2 amide bonds. The third kappa shape index (κ3) is 3.20. The Bertz CT molecular complexity index is 999. The number of anilines is 1. The summed E-state index contributed by atoms with van der Waals surface area (Å²) >= 11 is 0. The maximum atomic E-state index is 13.2. The largest absolute Gasteiger partial charge is 0.476 e. The summed E-state index contributed by atoms with van der Waals surface area (Å²) in [4.78, 5) is 32.6. The average molecular weight is 377 g/mol. The summed E-state index contributed by atoms with van der Waals surface area (Å²) in [5, 5.41) is 4.08. The summed E-state index contributed by atoms with van der Waals surface area (Å²) in [5.74, 6) is 0.132. The normalized spacial score (nSPS) is 15.5. The first kappa shape index (κ1) is 17.7. The first-order chi connectivity index (χ1) is 13.5. The fourth-order valence-electron chi connectivity index (χ4n) is 3.10. The van der Waals surface area contributed by atoms with E-state index in [4.69, 9.17) is 4.74 Å². The zero-order valence-corrected chi connectivity index (χ0v) is 15.5. The Morgan fingerprint density at radius 1 is 1.11 bits per heavy atom. The fraction of sp³-hybridized carbons (Fsp3) is 0.200. The Morgan fingerprint density at radius 2 is 1.86 bits per heavy atom. The van der Waals surface area contributed by atoms with Gasteiger partial charge >= 0.3 is 0 Å².